The molecule has 1 atom stereocenters. The molecule has 1 unspecified atom stereocenters. The lowest BCUT2D eigenvalue weighted by atomic mass is 9.85. The number of phenolic OH excluding ortho intramolecular Hbond substituents is 1. The van der Waals surface area contributed by atoms with Gasteiger partial charge in [-0.25, -0.2) is 0 Å². The van der Waals surface area contributed by atoms with Gasteiger partial charge in [-0.15, -0.1) is 0 Å². The SMILES string of the molecule is O=C(Cc1ccccc1)NC1=CCC=C1C1=Cc2ccccc2C1Cc1ccc(O)cc1. The Morgan fingerprint density at radius 3 is 2.44 bits per heavy atom. The van der Waals surface area contributed by atoms with E-state index in [1.165, 1.54) is 22.3 Å². The second-order valence-corrected chi connectivity index (χ2v) is 8.33. The zero-order valence-corrected chi connectivity index (χ0v) is 17.8. The lowest BCUT2D eigenvalue weighted by Gasteiger charge is -2.20. The van der Waals surface area contributed by atoms with Crippen molar-refractivity contribution in [2.45, 2.75) is 25.2 Å². The maximum atomic E-state index is 12.7. The van der Waals surface area contributed by atoms with Gasteiger partial charge < -0.3 is 10.4 Å². The monoisotopic (exact) mass is 419 g/mol. The van der Waals surface area contributed by atoms with E-state index in [0.29, 0.717) is 6.42 Å². The van der Waals surface area contributed by atoms with E-state index in [4.69, 9.17) is 0 Å². The first-order chi connectivity index (χ1) is 15.7. The number of rotatable bonds is 6. The minimum atomic E-state index is 0.00134. The molecule has 0 radical (unpaired) electrons. The van der Waals surface area contributed by atoms with Gasteiger partial charge in [-0.3, -0.25) is 4.79 Å². The molecule has 2 N–H and O–H groups in total. The minimum absolute atomic E-state index is 0.00134. The van der Waals surface area contributed by atoms with E-state index < -0.39 is 0 Å². The maximum absolute atomic E-state index is 12.7. The van der Waals surface area contributed by atoms with Crippen molar-refractivity contribution in [2.24, 2.45) is 0 Å². The molecule has 3 aromatic rings. The molecule has 0 aromatic heterocycles. The molecule has 0 heterocycles. The van der Waals surface area contributed by atoms with E-state index in [1.54, 1.807) is 12.1 Å². The lowest BCUT2D eigenvalue weighted by molar-refractivity contribution is -0.119. The van der Waals surface area contributed by atoms with Crippen LogP contribution in [0.25, 0.3) is 6.08 Å². The Balaban J connectivity index is 1.38. The predicted molar refractivity (Wildman–Crippen MR) is 128 cm³/mol. The molecule has 3 heteroatoms. The lowest BCUT2D eigenvalue weighted by Crippen LogP contribution is -2.25. The van der Waals surface area contributed by atoms with E-state index in [9.17, 15) is 9.90 Å². The van der Waals surface area contributed by atoms with E-state index in [-0.39, 0.29) is 17.6 Å². The number of fused-ring (bicyclic) bond motifs is 1. The molecule has 5 rings (SSSR count). The molecule has 2 aliphatic rings. The highest BCUT2D eigenvalue weighted by atomic mass is 16.3. The zero-order chi connectivity index (χ0) is 21.9. The Morgan fingerprint density at radius 2 is 1.62 bits per heavy atom. The Kier molecular flexibility index (Phi) is 5.47. The average Bonchev–Trinajstić information content (AvgIpc) is 3.40. The molecule has 3 aromatic carbocycles. The molecule has 0 saturated heterocycles. The van der Waals surface area contributed by atoms with Gasteiger partial charge in [0.1, 0.15) is 5.75 Å². The first-order valence-corrected chi connectivity index (χ1v) is 11.0. The van der Waals surface area contributed by atoms with Crippen LogP contribution in [0.15, 0.2) is 108 Å². The van der Waals surface area contributed by atoms with Gasteiger partial charge in [-0.1, -0.05) is 85.0 Å². The third-order valence-corrected chi connectivity index (χ3v) is 6.16. The minimum Gasteiger partial charge on any atom is -0.508 e. The van der Waals surface area contributed by atoms with Crippen LogP contribution in [-0.4, -0.2) is 11.0 Å². The number of hydrogen-bond acceptors (Lipinski definition) is 2. The summed E-state index contributed by atoms with van der Waals surface area (Å²) in [7, 11) is 0. The first-order valence-electron chi connectivity index (χ1n) is 11.0. The molecule has 1 amide bonds. The summed E-state index contributed by atoms with van der Waals surface area (Å²) in [5, 5.41) is 12.8. The predicted octanol–water partition coefficient (Wildman–Crippen LogP) is 5.69. The quantitative estimate of drug-likeness (QED) is 0.539. The molecule has 158 valence electrons. The normalized spacial score (nSPS) is 16.8. The average molecular weight is 420 g/mol. The number of allylic oxidation sites excluding steroid dienone is 3. The van der Waals surface area contributed by atoms with E-state index in [1.807, 2.05) is 42.5 Å². The van der Waals surface area contributed by atoms with Gasteiger partial charge in [0.25, 0.3) is 0 Å². The summed E-state index contributed by atoms with van der Waals surface area (Å²) >= 11 is 0. The second-order valence-electron chi connectivity index (χ2n) is 8.33. The topological polar surface area (TPSA) is 49.3 Å². The van der Waals surface area contributed by atoms with Crippen LogP contribution in [-0.2, 0) is 17.6 Å². The number of nitrogens with one attached hydrogen (secondary N) is 1. The highest BCUT2D eigenvalue weighted by molar-refractivity contribution is 5.83. The van der Waals surface area contributed by atoms with Crippen molar-refractivity contribution in [1.82, 2.24) is 5.32 Å². The summed E-state index contributed by atoms with van der Waals surface area (Å²) in [6.07, 6.45) is 8.58. The highest BCUT2D eigenvalue weighted by Gasteiger charge is 2.30. The fourth-order valence-electron chi connectivity index (χ4n) is 4.63. The number of amides is 1. The van der Waals surface area contributed by atoms with Gasteiger partial charge in [-0.05, 0) is 58.4 Å². The van der Waals surface area contributed by atoms with Crippen molar-refractivity contribution in [3.05, 3.63) is 130 Å². The van der Waals surface area contributed by atoms with Gasteiger partial charge in [0.2, 0.25) is 5.91 Å². The van der Waals surface area contributed by atoms with Crippen molar-refractivity contribution in [1.29, 1.82) is 0 Å². The van der Waals surface area contributed by atoms with Gasteiger partial charge in [0.15, 0.2) is 0 Å². The van der Waals surface area contributed by atoms with E-state index in [0.717, 1.165) is 29.7 Å². The molecule has 0 fully saturated rings. The molecule has 2 aliphatic carbocycles. The number of hydrogen-bond donors (Lipinski definition) is 2. The summed E-state index contributed by atoms with van der Waals surface area (Å²) in [6.45, 7) is 0. The summed E-state index contributed by atoms with van der Waals surface area (Å²) in [6, 6.07) is 25.8. The second kappa shape index (κ2) is 8.72. The summed E-state index contributed by atoms with van der Waals surface area (Å²) in [5.74, 6) is 0.483. The smallest absolute Gasteiger partial charge is 0.228 e. The molecular formula is C29H25NO2. The fraction of sp³-hybridized carbons (Fsp3) is 0.138. The molecule has 0 bridgehead atoms. The number of phenols is 1. The number of aromatic hydroxyl groups is 1. The fourth-order valence-corrected chi connectivity index (χ4v) is 4.63. The number of carbonyl (C=O) groups is 1. The number of benzene rings is 3. The van der Waals surface area contributed by atoms with Crippen molar-refractivity contribution in [2.75, 3.05) is 0 Å². The van der Waals surface area contributed by atoms with Crippen molar-refractivity contribution in [3.8, 4) is 5.75 Å². The molecule has 32 heavy (non-hydrogen) atoms. The summed E-state index contributed by atoms with van der Waals surface area (Å²) in [4.78, 5) is 12.7. The molecule has 0 spiro atoms. The Labute approximate surface area is 188 Å². The number of carbonyl (C=O) groups excluding carboxylic acids is 1. The van der Waals surface area contributed by atoms with Gasteiger partial charge in [0, 0.05) is 11.6 Å². The van der Waals surface area contributed by atoms with Crippen LogP contribution in [0, 0.1) is 0 Å². The highest BCUT2D eigenvalue weighted by Crippen LogP contribution is 2.44. The van der Waals surface area contributed by atoms with E-state index in [2.05, 4.69) is 47.8 Å². The van der Waals surface area contributed by atoms with Crippen molar-refractivity contribution < 1.29 is 9.90 Å². The Morgan fingerprint density at radius 1 is 0.875 bits per heavy atom. The molecule has 0 aliphatic heterocycles. The third kappa shape index (κ3) is 4.15. The largest absolute Gasteiger partial charge is 0.508 e. The van der Waals surface area contributed by atoms with Gasteiger partial charge in [0.05, 0.1) is 6.42 Å². The van der Waals surface area contributed by atoms with E-state index >= 15 is 0 Å². The van der Waals surface area contributed by atoms with Crippen molar-refractivity contribution >= 4 is 12.0 Å². The van der Waals surface area contributed by atoms with Crippen molar-refractivity contribution in [3.63, 3.8) is 0 Å². The Bertz CT molecular complexity index is 1230. The van der Waals surface area contributed by atoms with Crippen LogP contribution in [0.5, 0.6) is 5.75 Å². The van der Waals surface area contributed by atoms with Crippen LogP contribution in [0.1, 0.15) is 34.6 Å². The molecule has 3 nitrogen and oxygen atoms in total. The van der Waals surface area contributed by atoms with Crippen LogP contribution < -0.4 is 5.32 Å². The summed E-state index contributed by atoms with van der Waals surface area (Å²) < 4.78 is 0. The van der Waals surface area contributed by atoms with Crippen LogP contribution in [0.3, 0.4) is 0 Å². The third-order valence-electron chi connectivity index (χ3n) is 6.16. The molecular weight excluding hydrogens is 394 g/mol. The Hall–Kier alpha value is -3.85. The maximum Gasteiger partial charge on any atom is 0.228 e. The first kappa shape index (κ1) is 20.1. The van der Waals surface area contributed by atoms with Gasteiger partial charge >= 0.3 is 0 Å². The van der Waals surface area contributed by atoms with Crippen LogP contribution in [0.4, 0.5) is 0 Å². The van der Waals surface area contributed by atoms with Crippen LogP contribution in [0.2, 0.25) is 0 Å². The molecule has 0 saturated carbocycles. The summed E-state index contributed by atoms with van der Waals surface area (Å²) in [5.41, 5.74) is 7.97. The van der Waals surface area contributed by atoms with Crippen LogP contribution >= 0.6 is 0 Å². The zero-order valence-electron chi connectivity index (χ0n) is 17.8. The standard InChI is InChI=1S/C29H25NO2/c31-23-15-13-21(14-16-23)17-26-24-10-5-4-9-22(24)19-27(26)25-11-6-12-28(25)30-29(32)18-20-7-2-1-3-8-20/h1-5,7-16,19,26,31H,6,17-18H2,(H,30,32). The van der Waals surface area contributed by atoms with Gasteiger partial charge in [-0.2, -0.15) is 0 Å².